The summed E-state index contributed by atoms with van der Waals surface area (Å²) >= 11 is 0. The summed E-state index contributed by atoms with van der Waals surface area (Å²) in [5.74, 6) is -0.753. The summed E-state index contributed by atoms with van der Waals surface area (Å²) in [5, 5.41) is 5.21. The van der Waals surface area contributed by atoms with Crippen LogP contribution in [0.4, 0.5) is 0 Å². The molecular formula is C15H22N2O2. The maximum atomic E-state index is 11.4. The maximum Gasteiger partial charge on any atom is 0.309 e. The molecule has 1 aromatic rings. The molecule has 4 nitrogen and oxygen atoms in total. The highest BCUT2D eigenvalue weighted by Gasteiger charge is 2.12. The molecule has 0 unspecified atom stereocenters. The Hall–Kier alpha value is -1.84. The number of rotatable bonds is 6. The van der Waals surface area contributed by atoms with Gasteiger partial charge in [0.15, 0.2) is 0 Å². The molecule has 0 heterocycles. The van der Waals surface area contributed by atoms with E-state index < -0.39 is 11.8 Å². The molecule has 2 amide bonds. The zero-order chi connectivity index (χ0) is 14.1. The fraction of sp³-hybridized carbons (Fsp3) is 0.467. The lowest BCUT2D eigenvalue weighted by Gasteiger charge is -2.08. The first kappa shape index (κ1) is 15.2. The van der Waals surface area contributed by atoms with Crippen molar-refractivity contribution in [2.75, 3.05) is 13.1 Å². The predicted octanol–water partition coefficient (Wildman–Crippen LogP) is 1.51. The molecule has 0 radical (unpaired) electrons. The maximum absolute atomic E-state index is 11.4. The normalized spacial score (nSPS) is 10.3. The van der Waals surface area contributed by atoms with Crippen molar-refractivity contribution in [1.29, 1.82) is 0 Å². The number of benzene rings is 1. The molecule has 0 aliphatic carbocycles. The minimum absolute atomic E-state index is 0.342. The van der Waals surface area contributed by atoms with E-state index in [4.69, 9.17) is 0 Å². The number of hydrogen-bond acceptors (Lipinski definition) is 2. The lowest BCUT2D eigenvalue weighted by atomic mass is 10.1. The van der Waals surface area contributed by atoms with Crippen molar-refractivity contribution in [3.63, 3.8) is 0 Å². The van der Waals surface area contributed by atoms with Gasteiger partial charge in [-0.05, 0) is 24.3 Å². The molecule has 0 fully saturated rings. The summed E-state index contributed by atoms with van der Waals surface area (Å²) in [7, 11) is 0. The van der Waals surface area contributed by atoms with Gasteiger partial charge in [0.05, 0.1) is 0 Å². The summed E-state index contributed by atoms with van der Waals surface area (Å²) in [4.78, 5) is 22.8. The van der Waals surface area contributed by atoms with Gasteiger partial charge in [-0.2, -0.15) is 0 Å². The van der Waals surface area contributed by atoms with Crippen LogP contribution in [-0.4, -0.2) is 24.9 Å². The fourth-order valence-corrected chi connectivity index (χ4v) is 1.60. The number of carbonyl (C=O) groups excluding carboxylic acids is 2. The van der Waals surface area contributed by atoms with Gasteiger partial charge in [-0.15, -0.1) is 0 Å². The van der Waals surface area contributed by atoms with Gasteiger partial charge in [-0.25, -0.2) is 0 Å². The van der Waals surface area contributed by atoms with Crippen molar-refractivity contribution in [2.45, 2.75) is 26.7 Å². The highest BCUT2D eigenvalue weighted by atomic mass is 16.2. The first-order valence-electron chi connectivity index (χ1n) is 6.69. The smallest absolute Gasteiger partial charge is 0.309 e. The molecular weight excluding hydrogens is 240 g/mol. The number of nitrogens with one attached hydrogen (secondary N) is 2. The van der Waals surface area contributed by atoms with Gasteiger partial charge in [-0.3, -0.25) is 9.59 Å². The van der Waals surface area contributed by atoms with Gasteiger partial charge in [0.2, 0.25) is 0 Å². The van der Waals surface area contributed by atoms with Gasteiger partial charge < -0.3 is 10.6 Å². The molecule has 0 aromatic heterocycles. The summed E-state index contributed by atoms with van der Waals surface area (Å²) in [6.45, 7) is 5.01. The van der Waals surface area contributed by atoms with E-state index in [2.05, 4.69) is 22.8 Å². The SMILES string of the molecule is CC(C)CNC(=O)C(=O)NCCCc1ccccc1. The largest absolute Gasteiger partial charge is 0.348 e. The van der Waals surface area contributed by atoms with E-state index in [9.17, 15) is 9.59 Å². The topological polar surface area (TPSA) is 58.2 Å². The number of amides is 2. The first-order chi connectivity index (χ1) is 9.09. The third kappa shape index (κ3) is 6.60. The van der Waals surface area contributed by atoms with Crippen molar-refractivity contribution in [3.05, 3.63) is 35.9 Å². The van der Waals surface area contributed by atoms with Gasteiger partial charge in [-0.1, -0.05) is 44.2 Å². The van der Waals surface area contributed by atoms with Crippen LogP contribution in [0.2, 0.25) is 0 Å². The predicted molar refractivity (Wildman–Crippen MR) is 75.6 cm³/mol. The summed E-state index contributed by atoms with van der Waals surface area (Å²) in [6.07, 6.45) is 1.72. The Labute approximate surface area is 114 Å². The summed E-state index contributed by atoms with van der Waals surface area (Å²) < 4.78 is 0. The van der Waals surface area contributed by atoms with Crippen molar-refractivity contribution < 1.29 is 9.59 Å². The van der Waals surface area contributed by atoms with Crippen molar-refractivity contribution in [3.8, 4) is 0 Å². The molecule has 104 valence electrons. The molecule has 0 bridgehead atoms. The third-order valence-electron chi connectivity index (χ3n) is 2.65. The van der Waals surface area contributed by atoms with E-state index in [0.717, 1.165) is 12.8 Å². The van der Waals surface area contributed by atoms with E-state index in [1.165, 1.54) is 5.56 Å². The molecule has 1 aromatic carbocycles. The molecule has 0 atom stereocenters. The molecule has 2 N–H and O–H groups in total. The van der Waals surface area contributed by atoms with E-state index in [-0.39, 0.29) is 0 Å². The molecule has 1 rings (SSSR count). The van der Waals surface area contributed by atoms with E-state index >= 15 is 0 Å². The van der Waals surface area contributed by atoms with Crippen molar-refractivity contribution in [1.82, 2.24) is 10.6 Å². The van der Waals surface area contributed by atoms with Crippen LogP contribution in [0, 0.1) is 5.92 Å². The van der Waals surface area contributed by atoms with Crippen LogP contribution in [0.1, 0.15) is 25.8 Å². The first-order valence-corrected chi connectivity index (χ1v) is 6.69. The Bertz CT molecular complexity index is 402. The highest BCUT2D eigenvalue weighted by Crippen LogP contribution is 2.01. The Kier molecular flexibility index (Phi) is 6.64. The lowest BCUT2D eigenvalue weighted by molar-refractivity contribution is -0.139. The standard InChI is InChI=1S/C15H22N2O2/c1-12(2)11-17-15(19)14(18)16-10-6-9-13-7-4-3-5-8-13/h3-5,7-8,12H,6,9-11H2,1-2H3,(H,16,18)(H,17,19). The van der Waals surface area contributed by atoms with Crippen LogP contribution >= 0.6 is 0 Å². The minimum Gasteiger partial charge on any atom is -0.348 e. The minimum atomic E-state index is -0.548. The number of aryl methyl sites for hydroxylation is 1. The van der Waals surface area contributed by atoms with Gasteiger partial charge in [0.25, 0.3) is 0 Å². The third-order valence-corrected chi connectivity index (χ3v) is 2.65. The average Bonchev–Trinajstić information content (AvgIpc) is 2.41. The number of carbonyl (C=O) groups is 2. The van der Waals surface area contributed by atoms with E-state index in [1.54, 1.807) is 0 Å². The molecule has 0 saturated carbocycles. The van der Waals surface area contributed by atoms with Gasteiger partial charge in [0.1, 0.15) is 0 Å². The van der Waals surface area contributed by atoms with Crippen LogP contribution in [0.25, 0.3) is 0 Å². The van der Waals surface area contributed by atoms with Gasteiger partial charge in [0, 0.05) is 13.1 Å². The fourth-order valence-electron chi connectivity index (χ4n) is 1.60. The Balaban J connectivity index is 2.15. The van der Waals surface area contributed by atoms with E-state index in [0.29, 0.717) is 19.0 Å². The zero-order valence-corrected chi connectivity index (χ0v) is 11.6. The zero-order valence-electron chi connectivity index (χ0n) is 11.6. The Morgan fingerprint density at radius 1 is 1.05 bits per heavy atom. The van der Waals surface area contributed by atoms with Crippen LogP contribution in [0.3, 0.4) is 0 Å². The second-order valence-electron chi connectivity index (χ2n) is 4.95. The molecule has 4 heteroatoms. The second-order valence-corrected chi connectivity index (χ2v) is 4.95. The van der Waals surface area contributed by atoms with Crippen LogP contribution in [-0.2, 0) is 16.0 Å². The molecule has 0 aliphatic heterocycles. The van der Waals surface area contributed by atoms with Crippen LogP contribution in [0.5, 0.6) is 0 Å². The van der Waals surface area contributed by atoms with Crippen LogP contribution in [0.15, 0.2) is 30.3 Å². The molecule has 0 saturated heterocycles. The molecule has 0 aliphatic rings. The van der Waals surface area contributed by atoms with Crippen LogP contribution < -0.4 is 10.6 Å². The van der Waals surface area contributed by atoms with Crippen molar-refractivity contribution >= 4 is 11.8 Å². The molecule has 0 spiro atoms. The molecule has 19 heavy (non-hydrogen) atoms. The quantitative estimate of drug-likeness (QED) is 0.603. The van der Waals surface area contributed by atoms with E-state index in [1.807, 2.05) is 32.0 Å². The summed E-state index contributed by atoms with van der Waals surface area (Å²) in [5.41, 5.74) is 1.24. The summed E-state index contributed by atoms with van der Waals surface area (Å²) in [6, 6.07) is 10.1. The highest BCUT2D eigenvalue weighted by molar-refractivity contribution is 6.35. The second kappa shape index (κ2) is 8.29. The number of hydrogen-bond donors (Lipinski definition) is 2. The Morgan fingerprint density at radius 3 is 2.32 bits per heavy atom. The van der Waals surface area contributed by atoms with Gasteiger partial charge >= 0.3 is 11.8 Å². The lowest BCUT2D eigenvalue weighted by Crippen LogP contribution is -2.41. The van der Waals surface area contributed by atoms with Crippen molar-refractivity contribution in [2.24, 2.45) is 5.92 Å². The average molecular weight is 262 g/mol. The Morgan fingerprint density at radius 2 is 1.68 bits per heavy atom. The monoisotopic (exact) mass is 262 g/mol.